The second kappa shape index (κ2) is 4.75. The van der Waals surface area contributed by atoms with Gasteiger partial charge in [-0.25, -0.2) is 4.98 Å². The lowest BCUT2D eigenvalue weighted by Gasteiger charge is -2.12. The molecule has 2 rings (SSSR count). The van der Waals surface area contributed by atoms with Crippen molar-refractivity contribution in [2.24, 2.45) is 0 Å². The van der Waals surface area contributed by atoms with Gasteiger partial charge in [-0.15, -0.1) is 11.3 Å². The van der Waals surface area contributed by atoms with Crippen molar-refractivity contribution >= 4 is 16.5 Å². The maximum Gasteiger partial charge on any atom is 0.185 e. The highest BCUT2D eigenvalue weighted by Crippen LogP contribution is 2.24. The van der Waals surface area contributed by atoms with Gasteiger partial charge in [0.25, 0.3) is 0 Å². The third-order valence-corrected chi connectivity index (χ3v) is 3.42. The molecule has 1 aliphatic heterocycles. The van der Waals surface area contributed by atoms with Crippen molar-refractivity contribution in [1.29, 1.82) is 0 Å². The summed E-state index contributed by atoms with van der Waals surface area (Å²) >= 11 is 1.77. The first-order valence-electron chi connectivity index (χ1n) is 5.30. The van der Waals surface area contributed by atoms with Gasteiger partial charge < -0.3 is 10.2 Å². The fraction of sp³-hybridized carbons (Fsp3) is 0.700. The van der Waals surface area contributed by atoms with Crippen LogP contribution in [0.5, 0.6) is 0 Å². The summed E-state index contributed by atoms with van der Waals surface area (Å²) < 4.78 is 0. The minimum absolute atomic E-state index is 0.904. The van der Waals surface area contributed by atoms with E-state index in [-0.39, 0.29) is 0 Å². The monoisotopic (exact) mass is 211 g/mol. The Morgan fingerprint density at radius 2 is 2.29 bits per heavy atom. The van der Waals surface area contributed by atoms with Crippen LogP contribution in [-0.4, -0.2) is 24.6 Å². The van der Waals surface area contributed by atoms with E-state index in [1.807, 2.05) is 0 Å². The van der Waals surface area contributed by atoms with Crippen LogP contribution in [0, 0.1) is 0 Å². The molecule has 1 aliphatic rings. The van der Waals surface area contributed by atoms with Gasteiger partial charge in [-0.2, -0.15) is 0 Å². The summed E-state index contributed by atoms with van der Waals surface area (Å²) in [5.41, 5.74) is 1.18. The van der Waals surface area contributed by atoms with Crippen molar-refractivity contribution in [3.63, 3.8) is 0 Å². The van der Waals surface area contributed by atoms with Gasteiger partial charge in [-0.3, -0.25) is 0 Å². The minimum Gasteiger partial charge on any atom is -0.348 e. The standard InChI is InChI=1S/C10H17N3S/c1-2-11-7-9-8-14-10(12-9)13-5-3-4-6-13/h8,11H,2-7H2,1H3. The number of hydrogen-bond donors (Lipinski definition) is 1. The molecule has 3 nitrogen and oxygen atoms in total. The van der Waals surface area contributed by atoms with Gasteiger partial charge >= 0.3 is 0 Å². The smallest absolute Gasteiger partial charge is 0.185 e. The zero-order valence-electron chi connectivity index (χ0n) is 8.62. The van der Waals surface area contributed by atoms with E-state index in [1.54, 1.807) is 11.3 Å². The van der Waals surface area contributed by atoms with Crippen molar-refractivity contribution in [2.75, 3.05) is 24.5 Å². The molecule has 0 saturated carbocycles. The van der Waals surface area contributed by atoms with Gasteiger partial charge in [0, 0.05) is 25.0 Å². The Kier molecular flexibility index (Phi) is 3.37. The second-order valence-electron chi connectivity index (χ2n) is 3.60. The van der Waals surface area contributed by atoms with E-state index >= 15 is 0 Å². The SMILES string of the molecule is CCNCc1csc(N2CCCC2)n1. The molecule has 4 heteroatoms. The van der Waals surface area contributed by atoms with Crippen molar-refractivity contribution in [2.45, 2.75) is 26.3 Å². The Balaban J connectivity index is 1.94. The maximum atomic E-state index is 4.61. The Hall–Kier alpha value is -0.610. The molecule has 1 fully saturated rings. The molecule has 0 bridgehead atoms. The molecule has 0 unspecified atom stereocenters. The minimum atomic E-state index is 0.904. The lowest BCUT2D eigenvalue weighted by atomic mass is 10.4. The molecule has 14 heavy (non-hydrogen) atoms. The van der Waals surface area contributed by atoms with Crippen LogP contribution in [0.2, 0.25) is 0 Å². The van der Waals surface area contributed by atoms with Crippen LogP contribution in [0.3, 0.4) is 0 Å². The first-order chi connectivity index (χ1) is 6.90. The number of nitrogens with one attached hydrogen (secondary N) is 1. The summed E-state index contributed by atoms with van der Waals surface area (Å²) in [6.45, 7) is 6.41. The van der Waals surface area contributed by atoms with E-state index in [2.05, 4.69) is 27.5 Å². The molecule has 1 N–H and O–H groups in total. The highest BCUT2D eigenvalue weighted by Gasteiger charge is 2.15. The summed E-state index contributed by atoms with van der Waals surface area (Å²) in [7, 11) is 0. The van der Waals surface area contributed by atoms with Crippen LogP contribution < -0.4 is 10.2 Å². The van der Waals surface area contributed by atoms with Crippen molar-refractivity contribution in [3.8, 4) is 0 Å². The molecule has 0 aromatic carbocycles. The van der Waals surface area contributed by atoms with E-state index in [0.29, 0.717) is 0 Å². The molecule has 1 saturated heterocycles. The number of aromatic nitrogens is 1. The molecule has 0 atom stereocenters. The molecule has 1 aromatic heterocycles. The molecular weight excluding hydrogens is 194 g/mol. The Morgan fingerprint density at radius 3 is 3.00 bits per heavy atom. The molecule has 0 spiro atoms. The summed E-state index contributed by atoms with van der Waals surface area (Å²) in [4.78, 5) is 7.00. The van der Waals surface area contributed by atoms with Crippen LogP contribution in [0.15, 0.2) is 5.38 Å². The predicted molar refractivity (Wildman–Crippen MR) is 60.9 cm³/mol. The zero-order valence-corrected chi connectivity index (χ0v) is 9.44. The van der Waals surface area contributed by atoms with Crippen molar-refractivity contribution < 1.29 is 0 Å². The van der Waals surface area contributed by atoms with Crippen molar-refractivity contribution in [3.05, 3.63) is 11.1 Å². The fourth-order valence-electron chi connectivity index (χ4n) is 1.68. The summed E-state index contributed by atoms with van der Waals surface area (Å²) in [5.74, 6) is 0. The Bertz CT molecular complexity index is 279. The normalized spacial score (nSPS) is 16.5. The molecular formula is C10H17N3S. The first kappa shape index (κ1) is 9.93. The highest BCUT2D eigenvalue weighted by molar-refractivity contribution is 7.13. The van der Waals surface area contributed by atoms with Gasteiger partial charge in [-0.1, -0.05) is 6.92 Å². The van der Waals surface area contributed by atoms with Gasteiger partial charge in [0.05, 0.1) is 5.69 Å². The van der Waals surface area contributed by atoms with E-state index < -0.39 is 0 Å². The first-order valence-corrected chi connectivity index (χ1v) is 6.18. The summed E-state index contributed by atoms with van der Waals surface area (Å²) in [5, 5.41) is 6.66. The Morgan fingerprint density at radius 1 is 1.50 bits per heavy atom. The molecule has 1 aromatic rings. The summed E-state index contributed by atoms with van der Waals surface area (Å²) in [6, 6.07) is 0. The maximum absolute atomic E-state index is 4.61. The van der Waals surface area contributed by atoms with Crippen molar-refractivity contribution in [1.82, 2.24) is 10.3 Å². The number of hydrogen-bond acceptors (Lipinski definition) is 4. The third kappa shape index (κ3) is 2.25. The molecule has 0 amide bonds. The van der Waals surface area contributed by atoms with Crippen LogP contribution in [0.1, 0.15) is 25.5 Å². The Labute approximate surface area is 89.1 Å². The quantitative estimate of drug-likeness (QED) is 0.824. The number of rotatable bonds is 4. The van der Waals surface area contributed by atoms with Crippen LogP contribution in [0.4, 0.5) is 5.13 Å². The molecule has 0 aliphatic carbocycles. The van der Waals surface area contributed by atoms with E-state index in [0.717, 1.165) is 13.1 Å². The van der Waals surface area contributed by atoms with Gasteiger partial charge in [0.15, 0.2) is 5.13 Å². The van der Waals surface area contributed by atoms with Gasteiger partial charge in [-0.05, 0) is 19.4 Å². The number of nitrogens with zero attached hydrogens (tertiary/aromatic N) is 2. The van der Waals surface area contributed by atoms with Crippen LogP contribution in [-0.2, 0) is 6.54 Å². The average molecular weight is 211 g/mol. The lowest BCUT2D eigenvalue weighted by molar-refractivity contribution is 0.713. The predicted octanol–water partition coefficient (Wildman–Crippen LogP) is 1.85. The third-order valence-electron chi connectivity index (χ3n) is 2.47. The lowest BCUT2D eigenvalue weighted by Crippen LogP contribution is -2.17. The molecule has 78 valence electrons. The van der Waals surface area contributed by atoms with Crippen LogP contribution in [0.25, 0.3) is 0 Å². The second-order valence-corrected chi connectivity index (χ2v) is 4.43. The van der Waals surface area contributed by atoms with E-state index in [4.69, 9.17) is 0 Å². The molecule has 2 heterocycles. The summed E-state index contributed by atoms with van der Waals surface area (Å²) in [6.07, 6.45) is 2.64. The topological polar surface area (TPSA) is 28.2 Å². The average Bonchev–Trinajstić information content (AvgIpc) is 2.85. The molecule has 0 radical (unpaired) electrons. The van der Waals surface area contributed by atoms with E-state index in [9.17, 15) is 0 Å². The zero-order chi connectivity index (χ0) is 9.80. The largest absolute Gasteiger partial charge is 0.348 e. The van der Waals surface area contributed by atoms with Crippen LogP contribution >= 0.6 is 11.3 Å². The van der Waals surface area contributed by atoms with E-state index in [1.165, 1.54) is 36.8 Å². The van der Waals surface area contributed by atoms with Gasteiger partial charge in [0.2, 0.25) is 0 Å². The highest BCUT2D eigenvalue weighted by atomic mass is 32.1. The number of thiazole rings is 1. The van der Waals surface area contributed by atoms with Gasteiger partial charge in [0.1, 0.15) is 0 Å². The fourth-order valence-corrected chi connectivity index (χ4v) is 2.56. The number of anilines is 1.